The molecule has 0 bridgehead atoms. The zero-order valence-corrected chi connectivity index (χ0v) is 15.4. The average Bonchev–Trinajstić information content (AvgIpc) is 2.98. The molecule has 1 atom stereocenters. The summed E-state index contributed by atoms with van der Waals surface area (Å²) < 4.78 is 5.14. The van der Waals surface area contributed by atoms with E-state index in [2.05, 4.69) is 0 Å². The molecule has 1 aromatic rings. The van der Waals surface area contributed by atoms with Crippen molar-refractivity contribution in [1.29, 1.82) is 0 Å². The Balaban J connectivity index is 2.24. The number of aryl methyl sites for hydroxylation is 1. The van der Waals surface area contributed by atoms with Gasteiger partial charge >= 0.3 is 5.97 Å². The highest BCUT2D eigenvalue weighted by atomic mass is 32.2. The summed E-state index contributed by atoms with van der Waals surface area (Å²) in [4.78, 5) is 38.4. The van der Waals surface area contributed by atoms with Crippen molar-refractivity contribution >= 4 is 45.1 Å². The predicted molar refractivity (Wildman–Crippen MR) is 93.3 cm³/mol. The Morgan fingerprint density at radius 1 is 1.39 bits per heavy atom. The van der Waals surface area contributed by atoms with E-state index in [9.17, 15) is 14.4 Å². The number of thioether (sulfide) groups is 1. The van der Waals surface area contributed by atoms with Crippen molar-refractivity contribution in [3.05, 3.63) is 16.0 Å². The van der Waals surface area contributed by atoms with Crippen LogP contribution in [0.4, 0.5) is 5.00 Å². The first-order valence-electron chi connectivity index (χ1n) is 7.56. The fraction of sp³-hybridized carbons (Fsp3) is 0.562. The van der Waals surface area contributed by atoms with Crippen molar-refractivity contribution in [3.63, 3.8) is 0 Å². The van der Waals surface area contributed by atoms with Gasteiger partial charge in [0.05, 0.1) is 12.2 Å². The van der Waals surface area contributed by atoms with Gasteiger partial charge in [-0.25, -0.2) is 4.79 Å². The summed E-state index contributed by atoms with van der Waals surface area (Å²) >= 11 is 2.70. The van der Waals surface area contributed by atoms with Crippen molar-refractivity contribution in [2.45, 2.75) is 34.1 Å². The lowest BCUT2D eigenvalue weighted by atomic mass is 10.1. The number of hydrogen-bond donors (Lipinski definition) is 0. The molecular weight excluding hydrogens is 334 g/mol. The Morgan fingerprint density at radius 2 is 2.09 bits per heavy atom. The maximum Gasteiger partial charge on any atom is 0.341 e. The van der Waals surface area contributed by atoms with Gasteiger partial charge in [-0.05, 0) is 32.3 Å². The first-order valence-corrected chi connectivity index (χ1v) is 9.36. The second-order valence-electron chi connectivity index (χ2n) is 5.56. The van der Waals surface area contributed by atoms with Crippen LogP contribution >= 0.6 is 23.1 Å². The average molecular weight is 355 g/mol. The largest absolute Gasteiger partial charge is 0.462 e. The third-order valence-electron chi connectivity index (χ3n) is 3.82. The van der Waals surface area contributed by atoms with Crippen LogP contribution in [0, 0.1) is 19.8 Å². The first-order chi connectivity index (χ1) is 10.8. The molecule has 1 aliphatic heterocycles. The van der Waals surface area contributed by atoms with E-state index in [1.165, 1.54) is 30.0 Å². The van der Waals surface area contributed by atoms with Crippen LogP contribution in [0.2, 0.25) is 0 Å². The number of carbonyl (C=O) groups is 3. The number of amides is 1. The van der Waals surface area contributed by atoms with Crippen molar-refractivity contribution in [2.75, 3.05) is 23.8 Å². The molecule has 1 aromatic heterocycles. The second-order valence-corrected chi connectivity index (χ2v) is 7.96. The number of carbonyl (C=O) groups excluding carboxylic acids is 3. The van der Waals surface area contributed by atoms with E-state index >= 15 is 0 Å². The molecule has 0 radical (unpaired) electrons. The lowest BCUT2D eigenvalue weighted by Gasteiger charge is -2.16. The fourth-order valence-electron chi connectivity index (χ4n) is 2.57. The maximum absolute atomic E-state index is 12.4. The van der Waals surface area contributed by atoms with Gasteiger partial charge in [-0.1, -0.05) is 11.8 Å². The topological polar surface area (TPSA) is 63.7 Å². The number of thiophene rings is 1. The van der Waals surface area contributed by atoms with E-state index in [1.807, 2.05) is 13.8 Å². The Bertz CT molecular complexity index is 638. The highest BCUT2D eigenvalue weighted by molar-refractivity contribution is 8.13. The van der Waals surface area contributed by atoms with Crippen LogP contribution in [-0.2, 0) is 14.3 Å². The highest BCUT2D eigenvalue weighted by Gasteiger charge is 2.35. The lowest BCUT2D eigenvalue weighted by molar-refractivity contribution is -0.117. The van der Waals surface area contributed by atoms with E-state index in [0.717, 1.165) is 10.4 Å². The van der Waals surface area contributed by atoms with Crippen LogP contribution in [0.3, 0.4) is 0 Å². The van der Waals surface area contributed by atoms with Gasteiger partial charge in [0.25, 0.3) is 0 Å². The summed E-state index contributed by atoms with van der Waals surface area (Å²) in [6, 6.07) is 0. The number of ether oxygens (including phenoxy) is 1. The van der Waals surface area contributed by atoms with Gasteiger partial charge in [-0.2, -0.15) is 0 Å². The van der Waals surface area contributed by atoms with Crippen LogP contribution in [0.15, 0.2) is 0 Å². The van der Waals surface area contributed by atoms with Gasteiger partial charge in [0.15, 0.2) is 5.12 Å². The van der Waals surface area contributed by atoms with Gasteiger partial charge in [0.2, 0.25) is 5.91 Å². The number of esters is 1. The molecule has 1 saturated heterocycles. The van der Waals surface area contributed by atoms with Gasteiger partial charge in [-0.3, -0.25) is 9.59 Å². The Hall–Kier alpha value is -1.34. The molecule has 5 nitrogen and oxygen atoms in total. The van der Waals surface area contributed by atoms with Gasteiger partial charge in [-0.15, -0.1) is 11.3 Å². The SMILES string of the molecule is CCOC(=O)c1c(N2CC(CSC(C)=O)CC2=O)sc(C)c1C. The zero-order chi connectivity index (χ0) is 17.1. The summed E-state index contributed by atoms with van der Waals surface area (Å²) in [7, 11) is 0. The zero-order valence-electron chi connectivity index (χ0n) is 13.8. The minimum Gasteiger partial charge on any atom is -0.462 e. The smallest absolute Gasteiger partial charge is 0.341 e. The lowest BCUT2D eigenvalue weighted by Crippen LogP contribution is -2.26. The molecule has 1 aliphatic rings. The van der Waals surface area contributed by atoms with E-state index in [4.69, 9.17) is 4.74 Å². The molecule has 2 rings (SSSR count). The molecule has 0 spiro atoms. The Morgan fingerprint density at radius 3 is 2.70 bits per heavy atom. The Kier molecular flexibility index (Phi) is 5.86. The number of hydrogen-bond acceptors (Lipinski definition) is 6. The van der Waals surface area contributed by atoms with Gasteiger partial charge < -0.3 is 9.64 Å². The van der Waals surface area contributed by atoms with Crippen molar-refractivity contribution in [3.8, 4) is 0 Å². The van der Waals surface area contributed by atoms with Gasteiger partial charge in [0.1, 0.15) is 5.00 Å². The summed E-state index contributed by atoms with van der Waals surface area (Å²) in [6.45, 7) is 7.97. The molecule has 0 N–H and O–H groups in total. The van der Waals surface area contributed by atoms with Crippen molar-refractivity contribution < 1.29 is 19.1 Å². The molecule has 126 valence electrons. The third kappa shape index (κ3) is 3.95. The molecular formula is C16H21NO4S2. The normalized spacial score (nSPS) is 17.7. The first kappa shape index (κ1) is 18.0. The molecule has 1 fully saturated rings. The number of rotatable bonds is 5. The molecule has 0 aliphatic carbocycles. The molecule has 1 unspecified atom stereocenters. The maximum atomic E-state index is 12.4. The summed E-state index contributed by atoms with van der Waals surface area (Å²) in [6.07, 6.45) is 0.415. The van der Waals surface area contributed by atoms with Gasteiger partial charge in [0, 0.05) is 30.5 Å². The summed E-state index contributed by atoms with van der Waals surface area (Å²) in [5.74, 6) is 0.397. The third-order valence-corrected chi connectivity index (χ3v) is 6.09. The number of nitrogens with zero attached hydrogens (tertiary/aromatic N) is 1. The molecule has 7 heteroatoms. The van der Waals surface area contributed by atoms with E-state index < -0.39 is 0 Å². The molecule has 1 amide bonds. The Labute approximate surface area is 144 Å². The minimum absolute atomic E-state index is 0.00551. The quantitative estimate of drug-likeness (QED) is 0.759. The summed E-state index contributed by atoms with van der Waals surface area (Å²) in [5, 5.41) is 0.740. The fourth-order valence-corrected chi connectivity index (χ4v) is 4.43. The van der Waals surface area contributed by atoms with E-state index in [0.29, 0.717) is 35.9 Å². The van der Waals surface area contributed by atoms with Crippen molar-refractivity contribution in [1.82, 2.24) is 0 Å². The molecule has 0 saturated carbocycles. The van der Waals surface area contributed by atoms with E-state index in [1.54, 1.807) is 11.8 Å². The van der Waals surface area contributed by atoms with E-state index in [-0.39, 0.29) is 22.9 Å². The van der Waals surface area contributed by atoms with Crippen LogP contribution in [0.5, 0.6) is 0 Å². The summed E-state index contributed by atoms with van der Waals surface area (Å²) in [5.41, 5.74) is 1.38. The van der Waals surface area contributed by atoms with Crippen LogP contribution in [-0.4, -0.2) is 35.9 Å². The molecule has 2 heterocycles. The monoisotopic (exact) mass is 355 g/mol. The molecule has 23 heavy (non-hydrogen) atoms. The molecule has 0 aromatic carbocycles. The minimum atomic E-state index is -0.376. The number of anilines is 1. The second kappa shape index (κ2) is 7.49. The van der Waals surface area contributed by atoms with Crippen LogP contribution in [0.1, 0.15) is 41.1 Å². The predicted octanol–water partition coefficient (Wildman–Crippen LogP) is 3.17. The van der Waals surface area contributed by atoms with Crippen molar-refractivity contribution in [2.24, 2.45) is 5.92 Å². The highest BCUT2D eigenvalue weighted by Crippen LogP contribution is 2.39. The van der Waals surface area contributed by atoms with Crippen LogP contribution in [0.25, 0.3) is 0 Å². The standard InChI is InChI=1S/C16H21NO4S2/c1-5-21-16(20)14-9(2)10(3)23-15(14)17-7-12(6-13(17)19)8-22-11(4)18/h12H,5-8H2,1-4H3. The van der Waals surface area contributed by atoms with Crippen LogP contribution < -0.4 is 4.90 Å².